The Bertz CT molecular complexity index is 366. The van der Waals surface area contributed by atoms with E-state index in [0.717, 1.165) is 0 Å². The predicted octanol–water partition coefficient (Wildman–Crippen LogP) is 0.343. The Balaban J connectivity index is 3.13. The molecule has 1 aromatic carbocycles. The standard InChI is InChI=1S/C10H14N2O3/c1-6(14)12-10-7(8(11)5-13)3-2-4-9(10)15/h2-4,8,13,15H,5,11H2,1H3,(H,12,14). The third kappa shape index (κ3) is 2.68. The van der Waals surface area contributed by atoms with Gasteiger partial charge in [-0.15, -0.1) is 0 Å². The minimum absolute atomic E-state index is 0.0633. The number of nitrogens with one attached hydrogen (secondary N) is 1. The first kappa shape index (κ1) is 11.5. The van der Waals surface area contributed by atoms with E-state index in [1.807, 2.05) is 0 Å². The van der Waals surface area contributed by atoms with Crippen molar-refractivity contribution in [2.24, 2.45) is 5.73 Å². The number of phenolic OH excluding ortho intramolecular Hbond substituents is 1. The van der Waals surface area contributed by atoms with Crippen LogP contribution in [0.15, 0.2) is 18.2 Å². The van der Waals surface area contributed by atoms with Gasteiger partial charge in [0, 0.05) is 6.92 Å². The molecule has 1 aromatic rings. The number of hydrogen-bond donors (Lipinski definition) is 4. The molecular weight excluding hydrogens is 196 g/mol. The fourth-order valence-corrected chi connectivity index (χ4v) is 1.28. The van der Waals surface area contributed by atoms with Crippen molar-refractivity contribution in [2.45, 2.75) is 13.0 Å². The Morgan fingerprint density at radius 2 is 2.27 bits per heavy atom. The molecule has 15 heavy (non-hydrogen) atoms. The van der Waals surface area contributed by atoms with Crippen LogP contribution >= 0.6 is 0 Å². The summed E-state index contributed by atoms with van der Waals surface area (Å²) in [6.07, 6.45) is 0. The number of aliphatic hydroxyl groups is 1. The van der Waals surface area contributed by atoms with Crippen LogP contribution in [0.1, 0.15) is 18.5 Å². The molecule has 0 fully saturated rings. The minimum atomic E-state index is -0.626. The second-order valence-corrected chi connectivity index (χ2v) is 3.21. The molecule has 5 heteroatoms. The van der Waals surface area contributed by atoms with Gasteiger partial charge in [0.1, 0.15) is 5.75 Å². The second kappa shape index (κ2) is 4.77. The topological polar surface area (TPSA) is 95.6 Å². The van der Waals surface area contributed by atoms with E-state index in [-0.39, 0.29) is 24.0 Å². The molecule has 0 saturated carbocycles. The van der Waals surface area contributed by atoms with Crippen molar-refractivity contribution in [1.82, 2.24) is 0 Å². The Morgan fingerprint density at radius 3 is 2.80 bits per heavy atom. The number of amides is 1. The van der Waals surface area contributed by atoms with Gasteiger partial charge in [-0.2, -0.15) is 0 Å². The molecule has 0 spiro atoms. The number of hydrogen-bond acceptors (Lipinski definition) is 4. The zero-order chi connectivity index (χ0) is 11.4. The average Bonchev–Trinajstić information content (AvgIpc) is 2.19. The molecule has 82 valence electrons. The highest BCUT2D eigenvalue weighted by Gasteiger charge is 2.14. The quantitative estimate of drug-likeness (QED) is 0.541. The SMILES string of the molecule is CC(=O)Nc1c(O)cccc1C(N)CO. The first-order chi connectivity index (χ1) is 7.06. The number of phenols is 1. The number of nitrogens with two attached hydrogens (primary N) is 1. The third-order valence-electron chi connectivity index (χ3n) is 1.97. The van der Waals surface area contributed by atoms with Gasteiger partial charge in [-0.3, -0.25) is 4.79 Å². The van der Waals surface area contributed by atoms with E-state index in [1.54, 1.807) is 12.1 Å². The lowest BCUT2D eigenvalue weighted by molar-refractivity contribution is -0.114. The molecule has 1 rings (SSSR count). The molecule has 0 aliphatic carbocycles. The minimum Gasteiger partial charge on any atom is -0.506 e. The monoisotopic (exact) mass is 210 g/mol. The maximum atomic E-state index is 10.9. The van der Waals surface area contributed by atoms with Crippen LogP contribution in [-0.2, 0) is 4.79 Å². The predicted molar refractivity (Wildman–Crippen MR) is 56.4 cm³/mol. The summed E-state index contributed by atoms with van der Waals surface area (Å²) >= 11 is 0. The average molecular weight is 210 g/mol. The summed E-state index contributed by atoms with van der Waals surface area (Å²) in [7, 11) is 0. The number of para-hydroxylation sites is 1. The molecule has 0 aliphatic heterocycles. The van der Waals surface area contributed by atoms with Crippen molar-refractivity contribution in [3.63, 3.8) is 0 Å². The highest BCUT2D eigenvalue weighted by Crippen LogP contribution is 2.30. The molecule has 0 aliphatic rings. The Hall–Kier alpha value is -1.59. The first-order valence-electron chi connectivity index (χ1n) is 4.52. The lowest BCUT2D eigenvalue weighted by Gasteiger charge is -2.15. The van der Waals surface area contributed by atoms with Gasteiger partial charge in [0.2, 0.25) is 5.91 Å². The molecule has 5 nitrogen and oxygen atoms in total. The van der Waals surface area contributed by atoms with Crippen LogP contribution in [0.5, 0.6) is 5.75 Å². The number of carbonyl (C=O) groups excluding carboxylic acids is 1. The summed E-state index contributed by atoms with van der Waals surface area (Å²) in [6, 6.07) is 4.06. The normalized spacial score (nSPS) is 12.2. The van der Waals surface area contributed by atoms with E-state index < -0.39 is 6.04 Å². The number of aliphatic hydroxyl groups excluding tert-OH is 1. The van der Waals surface area contributed by atoms with E-state index in [9.17, 15) is 9.90 Å². The summed E-state index contributed by atoms with van der Waals surface area (Å²) in [5.74, 6) is -0.366. The second-order valence-electron chi connectivity index (χ2n) is 3.21. The van der Waals surface area contributed by atoms with Crippen molar-refractivity contribution >= 4 is 11.6 Å². The molecule has 0 saturated heterocycles. The highest BCUT2D eigenvalue weighted by molar-refractivity contribution is 5.91. The van der Waals surface area contributed by atoms with E-state index in [0.29, 0.717) is 5.56 Å². The summed E-state index contributed by atoms with van der Waals surface area (Å²) in [5, 5.41) is 20.9. The Labute approximate surface area is 87.5 Å². The van der Waals surface area contributed by atoms with Crippen LogP contribution in [0.4, 0.5) is 5.69 Å². The van der Waals surface area contributed by atoms with Gasteiger partial charge in [-0.25, -0.2) is 0 Å². The molecule has 0 radical (unpaired) electrons. The molecular formula is C10H14N2O3. The third-order valence-corrected chi connectivity index (χ3v) is 1.97. The van der Waals surface area contributed by atoms with Crippen molar-refractivity contribution in [1.29, 1.82) is 0 Å². The van der Waals surface area contributed by atoms with Crippen LogP contribution < -0.4 is 11.1 Å². The van der Waals surface area contributed by atoms with Crippen molar-refractivity contribution in [3.8, 4) is 5.75 Å². The fourth-order valence-electron chi connectivity index (χ4n) is 1.28. The zero-order valence-electron chi connectivity index (χ0n) is 8.40. The molecule has 0 heterocycles. The molecule has 1 amide bonds. The number of carbonyl (C=O) groups is 1. The number of benzene rings is 1. The van der Waals surface area contributed by atoms with E-state index in [4.69, 9.17) is 10.8 Å². The molecule has 0 aromatic heterocycles. The molecule has 1 unspecified atom stereocenters. The van der Waals surface area contributed by atoms with Gasteiger partial charge in [0.15, 0.2) is 0 Å². The number of rotatable bonds is 3. The van der Waals surface area contributed by atoms with E-state index in [2.05, 4.69) is 5.32 Å². The van der Waals surface area contributed by atoms with Crippen molar-refractivity contribution < 1.29 is 15.0 Å². The van der Waals surface area contributed by atoms with Crippen LogP contribution in [0.25, 0.3) is 0 Å². The summed E-state index contributed by atoms with van der Waals surface area (Å²) in [5.41, 5.74) is 6.39. The van der Waals surface area contributed by atoms with Crippen molar-refractivity contribution in [2.75, 3.05) is 11.9 Å². The number of anilines is 1. The maximum Gasteiger partial charge on any atom is 0.221 e. The molecule has 0 bridgehead atoms. The van der Waals surface area contributed by atoms with E-state index >= 15 is 0 Å². The van der Waals surface area contributed by atoms with Gasteiger partial charge < -0.3 is 21.3 Å². The lowest BCUT2D eigenvalue weighted by atomic mass is 10.1. The Morgan fingerprint density at radius 1 is 1.60 bits per heavy atom. The van der Waals surface area contributed by atoms with Gasteiger partial charge in [0.05, 0.1) is 18.3 Å². The molecule has 5 N–H and O–H groups in total. The number of aromatic hydroxyl groups is 1. The molecule has 1 atom stereocenters. The maximum absolute atomic E-state index is 10.9. The van der Waals surface area contributed by atoms with Gasteiger partial charge in [-0.05, 0) is 11.6 Å². The van der Waals surface area contributed by atoms with Gasteiger partial charge in [0.25, 0.3) is 0 Å². The first-order valence-corrected chi connectivity index (χ1v) is 4.52. The largest absolute Gasteiger partial charge is 0.506 e. The lowest BCUT2D eigenvalue weighted by Crippen LogP contribution is -2.18. The van der Waals surface area contributed by atoms with Crippen LogP contribution in [0.3, 0.4) is 0 Å². The van der Waals surface area contributed by atoms with Crippen molar-refractivity contribution in [3.05, 3.63) is 23.8 Å². The summed E-state index contributed by atoms with van der Waals surface area (Å²) in [4.78, 5) is 10.9. The zero-order valence-corrected chi connectivity index (χ0v) is 8.40. The highest BCUT2D eigenvalue weighted by atomic mass is 16.3. The van der Waals surface area contributed by atoms with E-state index in [1.165, 1.54) is 13.0 Å². The summed E-state index contributed by atoms with van der Waals surface area (Å²) < 4.78 is 0. The van der Waals surface area contributed by atoms with Crippen LogP contribution in [0, 0.1) is 0 Å². The van der Waals surface area contributed by atoms with Crippen LogP contribution in [-0.4, -0.2) is 22.7 Å². The fraction of sp³-hybridized carbons (Fsp3) is 0.300. The Kier molecular flexibility index (Phi) is 3.65. The summed E-state index contributed by atoms with van der Waals surface area (Å²) in [6.45, 7) is 1.08. The van der Waals surface area contributed by atoms with Crippen LogP contribution in [0.2, 0.25) is 0 Å². The van der Waals surface area contributed by atoms with Gasteiger partial charge >= 0.3 is 0 Å². The smallest absolute Gasteiger partial charge is 0.221 e. The van der Waals surface area contributed by atoms with Gasteiger partial charge in [-0.1, -0.05) is 12.1 Å².